The zero-order valence-electron chi connectivity index (χ0n) is 18.5. The number of hydrogen-bond donors (Lipinski definition) is 0. The van der Waals surface area contributed by atoms with Crippen LogP contribution in [0.15, 0.2) is 29.3 Å². The van der Waals surface area contributed by atoms with Crippen LogP contribution in [0.25, 0.3) is 20.4 Å². The van der Waals surface area contributed by atoms with E-state index >= 15 is 0 Å². The number of fused-ring (bicyclic) bond motifs is 4. The van der Waals surface area contributed by atoms with Gasteiger partial charge in [0.1, 0.15) is 4.83 Å². The van der Waals surface area contributed by atoms with Crippen molar-refractivity contribution in [1.82, 2.24) is 24.3 Å². The first-order valence-electron chi connectivity index (χ1n) is 11.3. The maximum absolute atomic E-state index is 13.2. The van der Waals surface area contributed by atoms with Gasteiger partial charge in [0.2, 0.25) is 0 Å². The second-order valence-corrected chi connectivity index (χ2v) is 11.4. The first-order valence-corrected chi connectivity index (χ1v) is 13.3. The molecule has 2 aliphatic rings. The Morgan fingerprint density at radius 2 is 1.94 bits per heavy atom. The van der Waals surface area contributed by atoms with Gasteiger partial charge in [-0.1, -0.05) is 22.9 Å². The molecule has 1 fully saturated rings. The first-order chi connectivity index (χ1) is 16.0. The number of likely N-dealkylation sites (N-methyl/N-ethyl adjacent to an activating group) is 1. The fourth-order valence-corrected chi connectivity index (χ4v) is 7.29. The Kier molecular flexibility index (Phi) is 5.62. The number of rotatable bonds is 4. The maximum Gasteiger partial charge on any atom is 0.262 e. The molecule has 0 bridgehead atoms. The van der Waals surface area contributed by atoms with Crippen LogP contribution in [0.1, 0.15) is 10.4 Å². The highest BCUT2D eigenvalue weighted by Crippen LogP contribution is 2.32. The highest BCUT2D eigenvalue weighted by atomic mass is 35.5. The number of hydrogen-bond acceptors (Lipinski definition) is 8. The van der Waals surface area contributed by atoms with Crippen LogP contribution in [0.4, 0.5) is 5.13 Å². The summed E-state index contributed by atoms with van der Waals surface area (Å²) in [7, 11) is 2.13. The van der Waals surface area contributed by atoms with Crippen molar-refractivity contribution in [3.8, 4) is 0 Å². The lowest BCUT2D eigenvalue weighted by Crippen LogP contribution is -2.47. The number of benzene rings is 1. The van der Waals surface area contributed by atoms with Gasteiger partial charge in [-0.15, -0.1) is 11.3 Å². The van der Waals surface area contributed by atoms with Crippen LogP contribution >= 0.6 is 34.3 Å². The zero-order chi connectivity index (χ0) is 22.5. The van der Waals surface area contributed by atoms with E-state index in [9.17, 15) is 4.79 Å². The summed E-state index contributed by atoms with van der Waals surface area (Å²) in [5, 5.41) is 2.66. The van der Waals surface area contributed by atoms with E-state index in [0.29, 0.717) is 6.54 Å². The normalized spacial score (nSPS) is 17.8. The molecule has 0 atom stereocenters. The largest absolute Gasteiger partial charge is 0.345 e. The van der Waals surface area contributed by atoms with E-state index in [1.807, 2.05) is 18.2 Å². The van der Waals surface area contributed by atoms with E-state index in [1.54, 1.807) is 33.6 Å². The van der Waals surface area contributed by atoms with Gasteiger partial charge in [-0.3, -0.25) is 14.3 Å². The van der Waals surface area contributed by atoms with Crippen molar-refractivity contribution in [2.75, 3.05) is 51.2 Å². The van der Waals surface area contributed by atoms with Gasteiger partial charge in [-0.25, -0.2) is 9.97 Å². The number of halogens is 1. The Balaban J connectivity index is 1.12. The smallest absolute Gasteiger partial charge is 0.262 e. The standard InChI is InChI=1S/C23H25ClN6OS2/c1-27-5-4-16-19(13-27)32-21-20(16)22(31)30(14-25-21)11-8-28-6-9-29(10-7-28)23-26-17-3-2-15(24)12-18(17)33-23/h2-3,12,14H,4-11,13H2,1H3. The molecule has 6 rings (SSSR count). The third kappa shape index (κ3) is 4.06. The van der Waals surface area contributed by atoms with Gasteiger partial charge in [-0.05, 0) is 37.2 Å². The van der Waals surface area contributed by atoms with Crippen molar-refractivity contribution < 1.29 is 0 Å². The maximum atomic E-state index is 13.2. The summed E-state index contributed by atoms with van der Waals surface area (Å²) in [5.41, 5.74) is 2.35. The zero-order valence-corrected chi connectivity index (χ0v) is 20.8. The molecule has 3 aromatic heterocycles. The molecule has 0 radical (unpaired) electrons. The second-order valence-electron chi connectivity index (χ2n) is 8.85. The quantitative estimate of drug-likeness (QED) is 0.427. The van der Waals surface area contributed by atoms with Gasteiger partial charge in [0, 0.05) is 62.3 Å². The van der Waals surface area contributed by atoms with Crippen LogP contribution in [0, 0.1) is 0 Å². The fourth-order valence-electron chi connectivity index (χ4n) is 4.74. The summed E-state index contributed by atoms with van der Waals surface area (Å²) in [6.45, 7) is 7.23. The minimum absolute atomic E-state index is 0.119. The Hall–Kier alpha value is -2.04. The van der Waals surface area contributed by atoms with Crippen molar-refractivity contribution in [1.29, 1.82) is 0 Å². The van der Waals surface area contributed by atoms with Gasteiger partial charge in [0.15, 0.2) is 5.13 Å². The Labute approximate surface area is 204 Å². The summed E-state index contributed by atoms with van der Waals surface area (Å²) in [6, 6.07) is 5.86. The van der Waals surface area contributed by atoms with Crippen LogP contribution in [-0.2, 0) is 19.5 Å². The monoisotopic (exact) mass is 500 g/mol. The molecule has 0 aliphatic carbocycles. The molecule has 0 spiro atoms. The molecular formula is C23H25ClN6OS2. The molecule has 10 heteroatoms. The Morgan fingerprint density at radius 3 is 2.79 bits per heavy atom. The topological polar surface area (TPSA) is 57.5 Å². The number of thiophene rings is 1. The van der Waals surface area contributed by atoms with Crippen LogP contribution in [0.3, 0.4) is 0 Å². The highest BCUT2D eigenvalue weighted by Gasteiger charge is 2.23. The number of piperazine rings is 1. The van der Waals surface area contributed by atoms with Gasteiger partial charge in [0.25, 0.3) is 5.56 Å². The van der Waals surface area contributed by atoms with E-state index in [-0.39, 0.29) is 5.56 Å². The lowest BCUT2D eigenvalue weighted by Gasteiger charge is -2.34. The second kappa shape index (κ2) is 8.63. The number of aromatic nitrogens is 3. The highest BCUT2D eigenvalue weighted by molar-refractivity contribution is 7.22. The van der Waals surface area contributed by atoms with Gasteiger partial charge in [-0.2, -0.15) is 0 Å². The van der Waals surface area contributed by atoms with Crippen LogP contribution < -0.4 is 10.5 Å². The molecule has 1 aromatic carbocycles. The lowest BCUT2D eigenvalue weighted by atomic mass is 10.1. The molecule has 4 aromatic rings. The minimum Gasteiger partial charge on any atom is -0.345 e. The van der Waals surface area contributed by atoms with E-state index in [4.69, 9.17) is 16.6 Å². The van der Waals surface area contributed by atoms with E-state index in [1.165, 1.54) is 10.4 Å². The van der Waals surface area contributed by atoms with E-state index < -0.39 is 0 Å². The average Bonchev–Trinajstić information content (AvgIpc) is 3.39. The summed E-state index contributed by atoms with van der Waals surface area (Å²) in [6.07, 6.45) is 2.67. The van der Waals surface area contributed by atoms with E-state index in [0.717, 1.165) is 82.8 Å². The SMILES string of the molecule is CN1CCc2c(sc3ncn(CCN4CCN(c5nc6ccc(Cl)cc6s5)CC4)c(=O)c23)C1. The van der Waals surface area contributed by atoms with Crippen LogP contribution in [-0.4, -0.2) is 70.7 Å². The molecule has 5 heterocycles. The average molecular weight is 501 g/mol. The molecule has 0 unspecified atom stereocenters. The molecule has 0 saturated carbocycles. The van der Waals surface area contributed by atoms with Gasteiger partial charge >= 0.3 is 0 Å². The summed E-state index contributed by atoms with van der Waals surface area (Å²) in [4.78, 5) is 31.9. The molecular weight excluding hydrogens is 476 g/mol. The minimum atomic E-state index is 0.119. The van der Waals surface area contributed by atoms with Crippen LogP contribution in [0.5, 0.6) is 0 Å². The van der Waals surface area contributed by atoms with Crippen molar-refractivity contribution >= 4 is 59.8 Å². The number of nitrogens with zero attached hydrogens (tertiary/aromatic N) is 6. The van der Waals surface area contributed by atoms with Crippen LogP contribution in [0.2, 0.25) is 5.02 Å². The summed E-state index contributed by atoms with van der Waals surface area (Å²) < 4.78 is 2.93. The van der Waals surface area contributed by atoms with Gasteiger partial charge < -0.3 is 9.80 Å². The lowest BCUT2D eigenvalue weighted by molar-refractivity contribution is 0.247. The van der Waals surface area contributed by atoms with Crippen molar-refractivity contribution in [2.45, 2.75) is 19.5 Å². The number of anilines is 1. The fraction of sp³-hybridized carbons (Fsp3) is 0.435. The number of thiazole rings is 1. The van der Waals surface area contributed by atoms with Gasteiger partial charge in [0.05, 0.1) is 21.9 Å². The van der Waals surface area contributed by atoms with E-state index in [2.05, 4.69) is 26.7 Å². The van der Waals surface area contributed by atoms with Crippen molar-refractivity contribution in [3.63, 3.8) is 0 Å². The van der Waals surface area contributed by atoms with Crippen molar-refractivity contribution in [3.05, 3.63) is 50.3 Å². The third-order valence-corrected chi connectivity index (χ3v) is 9.10. The van der Waals surface area contributed by atoms with Crippen molar-refractivity contribution in [2.24, 2.45) is 0 Å². The molecule has 0 amide bonds. The third-order valence-electron chi connectivity index (χ3n) is 6.66. The summed E-state index contributed by atoms with van der Waals surface area (Å²) >= 11 is 9.50. The molecule has 7 nitrogen and oxygen atoms in total. The summed E-state index contributed by atoms with van der Waals surface area (Å²) in [5.74, 6) is 0. The molecule has 0 N–H and O–H groups in total. The predicted octanol–water partition coefficient (Wildman–Crippen LogP) is 3.53. The Bertz CT molecular complexity index is 1390. The molecule has 2 aliphatic heterocycles. The molecule has 1 saturated heterocycles. The molecule has 33 heavy (non-hydrogen) atoms. The molecule has 172 valence electrons. The predicted molar refractivity (Wildman–Crippen MR) is 137 cm³/mol. The first kappa shape index (κ1) is 21.5. The Morgan fingerprint density at radius 1 is 1.09 bits per heavy atom.